The SMILES string of the molecule is CN=C(NCCCN(C)C)NCC1(c2ccc(OC)c(OC)c2)CCCCC1.I. The third kappa shape index (κ3) is 7.51. The molecule has 1 aliphatic carbocycles. The van der Waals surface area contributed by atoms with Crippen LogP contribution in [0, 0.1) is 0 Å². The number of methoxy groups -OCH3 is 2. The van der Waals surface area contributed by atoms with Gasteiger partial charge in [-0.2, -0.15) is 0 Å². The van der Waals surface area contributed by atoms with Gasteiger partial charge >= 0.3 is 0 Å². The number of halogens is 1. The Labute approximate surface area is 193 Å². The first-order valence-electron chi connectivity index (χ1n) is 10.4. The van der Waals surface area contributed by atoms with Crippen molar-refractivity contribution in [1.29, 1.82) is 0 Å². The molecule has 0 saturated heterocycles. The Morgan fingerprint density at radius 1 is 1.07 bits per heavy atom. The Morgan fingerprint density at radius 2 is 1.76 bits per heavy atom. The number of aliphatic imine (C=N–C) groups is 1. The van der Waals surface area contributed by atoms with Crippen molar-refractivity contribution in [2.75, 3.05) is 55.0 Å². The van der Waals surface area contributed by atoms with E-state index in [4.69, 9.17) is 9.47 Å². The minimum atomic E-state index is 0. The van der Waals surface area contributed by atoms with Crippen LogP contribution < -0.4 is 20.1 Å². The van der Waals surface area contributed by atoms with Gasteiger partial charge in [-0.05, 0) is 57.6 Å². The van der Waals surface area contributed by atoms with Gasteiger partial charge in [0.05, 0.1) is 14.2 Å². The molecule has 1 fully saturated rings. The Bertz CT molecular complexity index is 631. The van der Waals surface area contributed by atoms with E-state index in [9.17, 15) is 0 Å². The first kappa shape index (κ1) is 25.8. The van der Waals surface area contributed by atoms with E-state index in [0.717, 1.165) is 43.5 Å². The molecular formula is C22H39IN4O2. The Balaban J connectivity index is 0.00000420. The zero-order valence-electron chi connectivity index (χ0n) is 18.7. The molecule has 29 heavy (non-hydrogen) atoms. The minimum Gasteiger partial charge on any atom is -0.493 e. The number of benzene rings is 1. The van der Waals surface area contributed by atoms with Crippen LogP contribution in [0.15, 0.2) is 23.2 Å². The zero-order valence-corrected chi connectivity index (χ0v) is 21.0. The van der Waals surface area contributed by atoms with E-state index >= 15 is 0 Å². The Morgan fingerprint density at radius 3 is 2.34 bits per heavy atom. The van der Waals surface area contributed by atoms with Crippen LogP contribution in [0.4, 0.5) is 0 Å². The van der Waals surface area contributed by atoms with Crippen LogP contribution in [-0.2, 0) is 5.41 Å². The van der Waals surface area contributed by atoms with Gasteiger partial charge in [-0.25, -0.2) is 0 Å². The lowest BCUT2D eigenvalue weighted by Crippen LogP contribution is -2.47. The summed E-state index contributed by atoms with van der Waals surface area (Å²) in [5.41, 5.74) is 1.42. The van der Waals surface area contributed by atoms with Crippen molar-refractivity contribution >= 4 is 29.9 Å². The average Bonchev–Trinajstić information content (AvgIpc) is 2.73. The molecule has 1 aromatic carbocycles. The smallest absolute Gasteiger partial charge is 0.191 e. The normalized spacial score (nSPS) is 16.1. The predicted molar refractivity (Wildman–Crippen MR) is 132 cm³/mol. The lowest BCUT2D eigenvalue weighted by molar-refractivity contribution is 0.288. The van der Waals surface area contributed by atoms with Crippen molar-refractivity contribution < 1.29 is 9.47 Å². The lowest BCUT2D eigenvalue weighted by atomic mass is 9.69. The van der Waals surface area contributed by atoms with Gasteiger partial charge in [0.2, 0.25) is 0 Å². The van der Waals surface area contributed by atoms with E-state index in [1.165, 1.54) is 37.7 Å². The predicted octanol–water partition coefficient (Wildman–Crippen LogP) is 3.64. The summed E-state index contributed by atoms with van der Waals surface area (Å²) in [5.74, 6) is 2.46. The molecular weight excluding hydrogens is 479 g/mol. The number of guanidine groups is 1. The topological polar surface area (TPSA) is 58.1 Å². The van der Waals surface area contributed by atoms with E-state index in [0.29, 0.717) is 0 Å². The lowest BCUT2D eigenvalue weighted by Gasteiger charge is -2.38. The molecule has 0 aliphatic heterocycles. The summed E-state index contributed by atoms with van der Waals surface area (Å²) in [4.78, 5) is 6.61. The summed E-state index contributed by atoms with van der Waals surface area (Å²) < 4.78 is 11.0. The first-order chi connectivity index (χ1) is 13.5. The fraction of sp³-hybridized carbons (Fsp3) is 0.682. The molecule has 0 radical (unpaired) electrons. The highest BCUT2D eigenvalue weighted by Crippen LogP contribution is 2.42. The molecule has 2 N–H and O–H groups in total. The maximum absolute atomic E-state index is 5.56. The molecule has 0 atom stereocenters. The average molecular weight is 518 g/mol. The van der Waals surface area contributed by atoms with Crippen LogP contribution in [-0.4, -0.2) is 65.9 Å². The van der Waals surface area contributed by atoms with Gasteiger partial charge in [-0.15, -0.1) is 24.0 Å². The molecule has 0 aromatic heterocycles. The third-order valence-corrected chi connectivity index (χ3v) is 5.70. The summed E-state index contributed by atoms with van der Waals surface area (Å²) in [7, 11) is 9.42. The van der Waals surface area contributed by atoms with Gasteiger partial charge in [0, 0.05) is 25.6 Å². The molecule has 0 heterocycles. The van der Waals surface area contributed by atoms with Crippen LogP contribution in [0.1, 0.15) is 44.1 Å². The molecule has 0 bridgehead atoms. The highest BCUT2D eigenvalue weighted by molar-refractivity contribution is 14.0. The molecule has 1 aromatic rings. The fourth-order valence-electron chi connectivity index (χ4n) is 4.04. The molecule has 0 amide bonds. The molecule has 1 saturated carbocycles. The van der Waals surface area contributed by atoms with E-state index < -0.39 is 0 Å². The summed E-state index contributed by atoms with van der Waals surface area (Å²) in [6, 6.07) is 6.37. The van der Waals surface area contributed by atoms with Crippen LogP contribution in [0.25, 0.3) is 0 Å². The van der Waals surface area contributed by atoms with Crippen LogP contribution in [0.5, 0.6) is 11.5 Å². The second-order valence-electron chi connectivity index (χ2n) is 7.92. The van der Waals surface area contributed by atoms with Gasteiger partial charge in [-0.1, -0.05) is 25.3 Å². The van der Waals surface area contributed by atoms with Gasteiger partial charge in [0.1, 0.15) is 0 Å². The second-order valence-corrected chi connectivity index (χ2v) is 7.92. The van der Waals surface area contributed by atoms with Crippen molar-refractivity contribution in [3.05, 3.63) is 23.8 Å². The number of ether oxygens (including phenoxy) is 2. The zero-order chi connectivity index (χ0) is 20.4. The number of nitrogens with zero attached hydrogens (tertiary/aromatic N) is 2. The molecule has 0 spiro atoms. The van der Waals surface area contributed by atoms with Crippen LogP contribution in [0.3, 0.4) is 0 Å². The van der Waals surface area contributed by atoms with Gasteiger partial charge in [-0.3, -0.25) is 4.99 Å². The van der Waals surface area contributed by atoms with Crippen molar-refractivity contribution in [2.45, 2.75) is 43.9 Å². The largest absolute Gasteiger partial charge is 0.493 e. The van der Waals surface area contributed by atoms with E-state index in [-0.39, 0.29) is 29.4 Å². The van der Waals surface area contributed by atoms with E-state index in [1.807, 2.05) is 13.1 Å². The van der Waals surface area contributed by atoms with Crippen LogP contribution in [0.2, 0.25) is 0 Å². The quantitative estimate of drug-likeness (QED) is 0.226. The summed E-state index contributed by atoms with van der Waals surface area (Å²) in [5, 5.41) is 7.03. The number of hydrogen-bond acceptors (Lipinski definition) is 4. The molecule has 0 unspecified atom stereocenters. The van der Waals surface area contributed by atoms with Crippen molar-refractivity contribution in [1.82, 2.24) is 15.5 Å². The van der Waals surface area contributed by atoms with Gasteiger partial charge < -0.3 is 25.0 Å². The monoisotopic (exact) mass is 518 g/mol. The molecule has 6 nitrogen and oxygen atoms in total. The third-order valence-electron chi connectivity index (χ3n) is 5.70. The van der Waals surface area contributed by atoms with Gasteiger partial charge in [0.25, 0.3) is 0 Å². The van der Waals surface area contributed by atoms with Crippen molar-refractivity contribution in [2.24, 2.45) is 4.99 Å². The van der Waals surface area contributed by atoms with Gasteiger partial charge in [0.15, 0.2) is 17.5 Å². The summed E-state index contributed by atoms with van der Waals surface area (Å²) in [6.07, 6.45) is 7.26. The maximum atomic E-state index is 5.56. The highest BCUT2D eigenvalue weighted by Gasteiger charge is 2.34. The van der Waals surface area contributed by atoms with E-state index in [1.54, 1.807) is 14.2 Å². The molecule has 1 aliphatic rings. The molecule has 166 valence electrons. The Kier molecular flexibility index (Phi) is 11.7. The summed E-state index contributed by atoms with van der Waals surface area (Å²) in [6.45, 7) is 2.86. The highest BCUT2D eigenvalue weighted by atomic mass is 127. The van der Waals surface area contributed by atoms with Crippen molar-refractivity contribution in [3.63, 3.8) is 0 Å². The number of nitrogens with one attached hydrogen (secondary N) is 2. The fourth-order valence-corrected chi connectivity index (χ4v) is 4.04. The second kappa shape index (κ2) is 13.2. The number of rotatable bonds is 9. The van der Waals surface area contributed by atoms with E-state index in [2.05, 4.69) is 46.8 Å². The molecule has 7 heteroatoms. The van der Waals surface area contributed by atoms with Crippen LogP contribution >= 0.6 is 24.0 Å². The summed E-state index contributed by atoms with van der Waals surface area (Å²) >= 11 is 0. The standard InChI is InChI=1S/C22H38N4O2.HI/c1-23-21(24-14-9-15-26(2)3)25-17-22(12-7-6-8-13-22)18-10-11-19(27-4)20(16-18)28-5;/h10-11,16H,6-9,12-15,17H2,1-5H3,(H2,23,24,25);1H. The minimum absolute atomic E-state index is 0. The molecule has 2 rings (SSSR count). The first-order valence-corrected chi connectivity index (χ1v) is 10.4. The number of hydrogen-bond donors (Lipinski definition) is 2. The van der Waals surface area contributed by atoms with Crippen molar-refractivity contribution in [3.8, 4) is 11.5 Å². The Hall–Kier alpha value is -1.22. The maximum Gasteiger partial charge on any atom is 0.191 e.